The van der Waals surface area contributed by atoms with Crippen molar-refractivity contribution in [1.82, 2.24) is 10.2 Å². The summed E-state index contributed by atoms with van der Waals surface area (Å²) in [5.74, 6) is -1.05. The molecule has 0 spiro atoms. The second-order valence-corrected chi connectivity index (χ2v) is 7.47. The molecule has 8 heteroatoms. The Kier molecular flexibility index (Phi) is 6.01. The van der Waals surface area contributed by atoms with E-state index in [2.05, 4.69) is 5.32 Å². The molecule has 1 saturated carbocycles. The molecule has 1 aromatic rings. The Morgan fingerprint density at radius 3 is 2.70 bits per heavy atom. The summed E-state index contributed by atoms with van der Waals surface area (Å²) in [5.41, 5.74) is 1.05. The Labute approximate surface area is 163 Å². The molecule has 1 aliphatic carbocycles. The summed E-state index contributed by atoms with van der Waals surface area (Å²) in [6.07, 6.45) is 2.78. The number of likely N-dealkylation sites (N-methyl/N-ethyl adjacent to an activating group) is 1. The zero-order valence-electron chi connectivity index (χ0n) is 15.3. The topological polar surface area (TPSA) is 90.0 Å². The predicted octanol–water partition coefficient (Wildman–Crippen LogP) is 2.13. The molecular weight excluding hydrogens is 370 g/mol. The quantitative estimate of drug-likeness (QED) is 0.740. The number of nitrogens with one attached hydrogen (secondary N) is 1. The van der Waals surface area contributed by atoms with Crippen molar-refractivity contribution in [1.29, 1.82) is 0 Å². The van der Waals surface area contributed by atoms with Gasteiger partial charge in [0, 0.05) is 30.7 Å². The normalized spacial score (nSPS) is 22.0. The molecule has 0 unspecified atom stereocenters. The number of aliphatic carboxylic acids is 1. The van der Waals surface area contributed by atoms with E-state index in [-0.39, 0.29) is 30.4 Å². The molecule has 1 aromatic carbocycles. The Morgan fingerprint density at radius 2 is 2.11 bits per heavy atom. The van der Waals surface area contributed by atoms with Crippen LogP contribution in [-0.2, 0) is 9.59 Å². The molecule has 27 heavy (non-hydrogen) atoms. The van der Waals surface area contributed by atoms with Gasteiger partial charge in [0.15, 0.2) is 0 Å². The number of nitrogens with zero attached hydrogens (tertiary/aromatic N) is 2. The lowest BCUT2D eigenvalue weighted by atomic mass is 9.85. The minimum atomic E-state index is -0.843. The third-order valence-corrected chi connectivity index (χ3v) is 5.62. The molecule has 3 rings (SSSR count). The van der Waals surface area contributed by atoms with E-state index in [1.807, 2.05) is 11.8 Å². The van der Waals surface area contributed by atoms with E-state index in [4.69, 9.17) is 16.7 Å². The highest BCUT2D eigenvalue weighted by atomic mass is 35.5. The summed E-state index contributed by atoms with van der Waals surface area (Å²) in [4.78, 5) is 39.0. The molecule has 2 fully saturated rings. The zero-order chi connectivity index (χ0) is 19.6. The van der Waals surface area contributed by atoms with Gasteiger partial charge in [-0.1, -0.05) is 18.5 Å². The summed E-state index contributed by atoms with van der Waals surface area (Å²) >= 11 is 6.20. The summed E-state index contributed by atoms with van der Waals surface area (Å²) in [5, 5.41) is 12.3. The van der Waals surface area contributed by atoms with Gasteiger partial charge < -0.3 is 15.3 Å². The van der Waals surface area contributed by atoms with Gasteiger partial charge in [-0.15, -0.1) is 0 Å². The molecule has 0 aromatic heterocycles. The van der Waals surface area contributed by atoms with E-state index in [9.17, 15) is 14.4 Å². The zero-order valence-corrected chi connectivity index (χ0v) is 16.0. The molecule has 0 radical (unpaired) electrons. The summed E-state index contributed by atoms with van der Waals surface area (Å²) in [7, 11) is 0. The second-order valence-electron chi connectivity index (χ2n) is 7.07. The molecule has 1 aliphatic heterocycles. The number of hydrogen-bond acceptors (Lipinski definition) is 4. The molecule has 2 amide bonds. The minimum Gasteiger partial charge on any atom is -0.480 e. The van der Waals surface area contributed by atoms with Gasteiger partial charge in [-0.25, -0.2) is 0 Å². The van der Waals surface area contributed by atoms with E-state index < -0.39 is 5.97 Å². The predicted molar refractivity (Wildman–Crippen MR) is 102 cm³/mol. The molecule has 2 aliphatic rings. The first-order valence-electron chi connectivity index (χ1n) is 9.25. The van der Waals surface area contributed by atoms with Gasteiger partial charge in [0.2, 0.25) is 5.91 Å². The third kappa shape index (κ3) is 4.42. The van der Waals surface area contributed by atoms with Crippen LogP contribution in [0.3, 0.4) is 0 Å². The number of benzene rings is 1. The monoisotopic (exact) mass is 393 g/mol. The maximum atomic E-state index is 12.6. The SMILES string of the molecule is CCN(CC(=O)O)C1CC(NC(=O)c2cc(N3CCCC3=O)ccc2Cl)C1. The van der Waals surface area contributed by atoms with E-state index >= 15 is 0 Å². The average molecular weight is 394 g/mol. The molecule has 146 valence electrons. The van der Waals surface area contributed by atoms with Gasteiger partial charge in [0.25, 0.3) is 5.91 Å². The number of rotatable bonds is 7. The van der Waals surface area contributed by atoms with E-state index in [0.29, 0.717) is 35.8 Å². The van der Waals surface area contributed by atoms with Crippen molar-refractivity contribution in [2.45, 2.75) is 44.7 Å². The summed E-state index contributed by atoms with van der Waals surface area (Å²) in [6.45, 7) is 3.26. The molecule has 1 heterocycles. The highest BCUT2D eigenvalue weighted by molar-refractivity contribution is 6.34. The van der Waals surface area contributed by atoms with Crippen LogP contribution in [0.5, 0.6) is 0 Å². The van der Waals surface area contributed by atoms with Gasteiger partial charge in [0.1, 0.15) is 0 Å². The molecule has 7 nitrogen and oxygen atoms in total. The van der Waals surface area contributed by atoms with Gasteiger partial charge in [-0.3, -0.25) is 19.3 Å². The Balaban J connectivity index is 1.60. The Morgan fingerprint density at radius 1 is 1.37 bits per heavy atom. The lowest BCUT2D eigenvalue weighted by molar-refractivity contribution is -0.139. The van der Waals surface area contributed by atoms with Crippen molar-refractivity contribution < 1.29 is 19.5 Å². The fourth-order valence-electron chi connectivity index (χ4n) is 3.72. The first kappa shape index (κ1) is 19.6. The molecule has 0 atom stereocenters. The van der Waals surface area contributed by atoms with E-state index in [1.165, 1.54) is 0 Å². The fraction of sp³-hybridized carbons (Fsp3) is 0.526. The second kappa shape index (κ2) is 8.27. The van der Waals surface area contributed by atoms with Crippen LogP contribution in [0.2, 0.25) is 5.02 Å². The van der Waals surface area contributed by atoms with Crippen LogP contribution in [0, 0.1) is 0 Å². The van der Waals surface area contributed by atoms with Gasteiger partial charge in [-0.05, 0) is 44.0 Å². The van der Waals surface area contributed by atoms with Crippen LogP contribution in [0.15, 0.2) is 18.2 Å². The highest BCUT2D eigenvalue weighted by Gasteiger charge is 2.35. The number of hydrogen-bond donors (Lipinski definition) is 2. The van der Waals surface area contributed by atoms with Crippen LogP contribution >= 0.6 is 11.6 Å². The van der Waals surface area contributed by atoms with Crippen LogP contribution in [-0.4, -0.2) is 59.5 Å². The minimum absolute atomic E-state index is 0.00140. The number of carbonyl (C=O) groups excluding carboxylic acids is 2. The molecular formula is C19H24ClN3O4. The molecule has 2 N–H and O–H groups in total. The maximum absolute atomic E-state index is 12.6. The first-order valence-corrected chi connectivity index (χ1v) is 9.63. The van der Waals surface area contributed by atoms with Crippen LogP contribution in [0.1, 0.15) is 43.0 Å². The van der Waals surface area contributed by atoms with Crippen molar-refractivity contribution in [3.8, 4) is 0 Å². The third-order valence-electron chi connectivity index (χ3n) is 5.29. The van der Waals surface area contributed by atoms with E-state index in [0.717, 1.165) is 19.3 Å². The maximum Gasteiger partial charge on any atom is 0.317 e. The largest absolute Gasteiger partial charge is 0.480 e. The lowest BCUT2D eigenvalue weighted by Crippen LogP contribution is -2.54. The van der Waals surface area contributed by atoms with Crippen molar-refractivity contribution in [3.63, 3.8) is 0 Å². The smallest absolute Gasteiger partial charge is 0.317 e. The van der Waals surface area contributed by atoms with Crippen LogP contribution < -0.4 is 10.2 Å². The van der Waals surface area contributed by atoms with Gasteiger partial charge in [-0.2, -0.15) is 0 Å². The van der Waals surface area contributed by atoms with E-state index in [1.54, 1.807) is 23.1 Å². The van der Waals surface area contributed by atoms with Crippen molar-refractivity contribution in [2.24, 2.45) is 0 Å². The number of carboxylic acid groups (broad SMARTS) is 1. The molecule has 0 bridgehead atoms. The number of anilines is 1. The first-order chi connectivity index (χ1) is 12.9. The molecule has 1 saturated heterocycles. The number of carbonyl (C=O) groups is 3. The van der Waals surface area contributed by atoms with Crippen molar-refractivity contribution >= 4 is 35.1 Å². The number of amides is 2. The Bertz CT molecular complexity index is 748. The highest BCUT2D eigenvalue weighted by Crippen LogP contribution is 2.29. The number of carboxylic acids is 1. The van der Waals surface area contributed by atoms with Crippen LogP contribution in [0.25, 0.3) is 0 Å². The van der Waals surface area contributed by atoms with Crippen molar-refractivity contribution in [3.05, 3.63) is 28.8 Å². The average Bonchev–Trinajstić information content (AvgIpc) is 3.02. The van der Waals surface area contributed by atoms with Gasteiger partial charge in [0.05, 0.1) is 17.1 Å². The van der Waals surface area contributed by atoms with Gasteiger partial charge >= 0.3 is 5.97 Å². The standard InChI is InChI=1S/C19H24ClN3O4/c1-2-22(11-18(25)26)14-8-12(9-14)21-19(27)15-10-13(5-6-16(15)20)23-7-3-4-17(23)24/h5-6,10,12,14H,2-4,7-9,11H2,1H3,(H,21,27)(H,25,26). The lowest BCUT2D eigenvalue weighted by Gasteiger charge is -2.42. The Hall–Kier alpha value is -2.12. The number of halogens is 1. The summed E-state index contributed by atoms with van der Waals surface area (Å²) in [6, 6.07) is 5.23. The van der Waals surface area contributed by atoms with Crippen molar-refractivity contribution in [2.75, 3.05) is 24.5 Å². The fourth-order valence-corrected chi connectivity index (χ4v) is 3.92. The summed E-state index contributed by atoms with van der Waals surface area (Å²) < 4.78 is 0. The van der Waals surface area contributed by atoms with Crippen LogP contribution in [0.4, 0.5) is 5.69 Å².